The topological polar surface area (TPSA) is 29.3 Å². The van der Waals surface area contributed by atoms with E-state index in [4.69, 9.17) is 5.73 Å². The minimum absolute atomic E-state index is 0.258. The number of rotatable bonds is 2. The molecule has 0 unspecified atom stereocenters. The van der Waals surface area contributed by atoms with Crippen LogP contribution in [0.25, 0.3) is 0 Å². The number of nitrogens with zero attached hydrogens (tertiary/aromatic N) is 1. The Balaban J connectivity index is 1.98. The Bertz CT molecular complexity index is 391. The van der Waals surface area contributed by atoms with Gasteiger partial charge in [-0.05, 0) is 49.0 Å². The average Bonchev–Trinajstić information content (AvgIpc) is 2.25. The lowest BCUT2D eigenvalue weighted by molar-refractivity contribution is 0.127. The van der Waals surface area contributed by atoms with Gasteiger partial charge in [0.05, 0.1) is 0 Å². The average molecular weight is 236 g/mol. The largest absolute Gasteiger partial charge is 0.398 e. The molecule has 0 saturated carbocycles. The van der Waals surface area contributed by atoms with Gasteiger partial charge in [0.1, 0.15) is 5.82 Å². The van der Waals surface area contributed by atoms with Crippen molar-refractivity contribution in [2.24, 2.45) is 5.41 Å². The van der Waals surface area contributed by atoms with Gasteiger partial charge < -0.3 is 5.73 Å². The highest BCUT2D eigenvalue weighted by Gasteiger charge is 2.25. The Kier molecular flexibility index (Phi) is 3.38. The van der Waals surface area contributed by atoms with Gasteiger partial charge in [-0.3, -0.25) is 4.90 Å². The number of anilines is 1. The molecule has 2 nitrogen and oxygen atoms in total. The molecule has 1 saturated heterocycles. The quantitative estimate of drug-likeness (QED) is 0.800. The molecule has 1 aromatic carbocycles. The summed E-state index contributed by atoms with van der Waals surface area (Å²) in [6.45, 7) is 7.67. The molecule has 0 spiro atoms. The van der Waals surface area contributed by atoms with Crippen molar-refractivity contribution in [1.82, 2.24) is 4.90 Å². The number of nitrogens with two attached hydrogens (primary N) is 1. The number of likely N-dealkylation sites (tertiary alicyclic amines) is 1. The zero-order chi connectivity index (χ0) is 12.5. The van der Waals surface area contributed by atoms with Crippen molar-refractivity contribution in [3.05, 3.63) is 29.6 Å². The molecule has 1 aliphatic rings. The summed E-state index contributed by atoms with van der Waals surface area (Å²) in [4.78, 5) is 2.40. The minimum atomic E-state index is -0.258. The van der Waals surface area contributed by atoms with E-state index in [0.29, 0.717) is 11.1 Å². The number of piperidine rings is 1. The normalized spacial score (nSPS) is 20.4. The van der Waals surface area contributed by atoms with Crippen molar-refractivity contribution >= 4 is 5.69 Å². The Hall–Kier alpha value is -1.09. The van der Waals surface area contributed by atoms with E-state index >= 15 is 0 Å². The molecule has 0 atom stereocenters. The number of hydrogen-bond acceptors (Lipinski definition) is 2. The van der Waals surface area contributed by atoms with Crippen molar-refractivity contribution in [1.29, 1.82) is 0 Å². The van der Waals surface area contributed by atoms with E-state index in [-0.39, 0.29) is 5.82 Å². The Labute approximate surface area is 103 Å². The van der Waals surface area contributed by atoms with Crippen LogP contribution in [-0.4, -0.2) is 18.0 Å². The molecule has 0 radical (unpaired) electrons. The molecule has 3 heteroatoms. The molecular weight excluding hydrogens is 215 g/mol. The molecule has 17 heavy (non-hydrogen) atoms. The molecule has 1 fully saturated rings. The van der Waals surface area contributed by atoms with Crippen LogP contribution < -0.4 is 5.73 Å². The lowest BCUT2D eigenvalue weighted by Gasteiger charge is -2.37. The van der Waals surface area contributed by atoms with Gasteiger partial charge in [-0.25, -0.2) is 4.39 Å². The Morgan fingerprint density at radius 2 is 1.94 bits per heavy atom. The zero-order valence-electron chi connectivity index (χ0n) is 10.7. The predicted molar refractivity (Wildman–Crippen MR) is 69.1 cm³/mol. The third kappa shape index (κ3) is 3.19. The molecule has 0 aliphatic carbocycles. The molecule has 2 N–H and O–H groups in total. The summed E-state index contributed by atoms with van der Waals surface area (Å²) in [5.74, 6) is -0.258. The fourth-order valence-electron chi connectivity index (χ4n) is 2.27. The highest BCUT2D eigenvalue weighted by atomic mass is 19.1. The van der Waals surface area contributed by atoms with E-state index in [1.54, 1.807) is 6.07 Å². The first kappa shape index (κ1) is 12.4. The Morgan fingerprint density at radius 1 is 1.29 bits per heavy atom. The molecule has 2 rings (SSSR count). The minimum Gasteiger partial charge on any atom is -0.398 e. The van der Waals surface area contributed by atoms with Crippen molar-refractivity contribution in [3.63, 3.8) is 0 Å². The number of nitrogen functional groups attached to an aromatic ring is 1. The third-order valence-electron chi connectivity index (χ3n) is 3.71. The van der Waals surface area contributed by atoms with Crippen LogP contribution in [-0.2, 0) is 6.54 Å². The summed E-state index contributed by atoms with van der Waals surface area (Å²) >= 11 is 0. The fourth-order valence-corrected chi connectivity index (χ4v) is 2.27. The van der Waals surface area contributed by atoms with E-state index in [1.807, 2.05) is 0 Å². The molecule has 0 bridgehead atoms. The van der Waals surface area contributed by atoms with Crippen LogP contribution in [0.1, 0.15) is 32.3 Å². The van der Waals surface area contributed by atoms with E-state index < -0.39 is 0 Å². The van der Waals surface area contributed by atoms with Crippen molar-refractivity contribution in [3.8, 4) is 0 Å². The molecule has 0 aromatic heterocycles. The summed E-state index contributed by atoms with van der Waals surface area (Å²) in [6.07, 6.45) is 2.43. The second-order valence-electron chi connectivity index (χ2n) is 5.78. The highest BCUT2D eigenvalue weighted by Crippen LogP contribution is 2.30. The fraction of sp³-hybridized carbons (Fsp3) is 0.571. The summed E-state index contributed by atoms with van der Waals surface area (Å²) in [5, 5.41) is 0. The summed E-state index contributed by atoms with van der Waals surface area (Å²) in [7, 11) is 0. The van der Waals surface area contributed by atoms with Crippen LogP contribution in [0, 0.1) is 11.2 Å². The maximum Gasteiger partial charge on any atom is 0.125 e. The Morgan fingerprint density at radius 3 is 2.53 bits per heavy atom. The smallest absolute Gasteiger partial charge is 0.125 e. The van der Waals surface area contributed by atoms with Crippen LogP contribution >= 0.6 is 0 Å². The first-order valence-electron chi connectivity index (χ1n) is 6.23. The SMILES string of the molecule is CC1(C)CCN(Cc2ccc(F)cc2N)CC1. The summed E-state index contributed by atoms with van der Waals surface area (Å²) < 4.78 is 12.9. The first-order chi connectivity index (χ1) is 7.96. The highest BCUT2D eigenvalue weighted by molar-refractivity contribution is 5.46. The van der Waals surface area contributed by atoms with Gasteiger partial charge in [-0.15, -0.1) is 0 Å². The summed E-state index contributed by atoms with van der Waals surface area (Å²) in [6, 6.07) is 4.69. The maximum absolute atomic E-state index is 12.9. The zero-order valence-corrected chi connectivity index (χ0v) is 10.7. The lowest BCUT2D eigenvalue weighted by atomic mass is 9.82. The lowest BCUT2D eigenvalue weighted by Crippen LogP contribution is -2.36. The van der Waals surface area contributed by atoms with Crippen molar-refractivity contribution < 1.29 is 4.39 Å². The number of benzene rings is 1. The van der Waals surface area contributed by atoms with Crippen LogP contribution in [0.4, 0.5) is 10.1 Å². The maximum atomic E-state index is 12.9. The van der Waals surface area contributed by atoms with Gasteiger partial charge in [0.25, 0.3) is 0 Å². The predicted octanol–water partition coefficient (Wildman–Crippen LogP) is 3.03. The van der Waals surface area contributed by atoms with E-state index in [0.717, 1.165) is 25.2 Å². The molecule has 0 amide bonds. The standard InChI is InChI=1S/C14H21FN2/c1-14(2)5-7-17(8-6-14)10-11-3-4-12(15)9-13(11)16/h3-4,9H,5-8,10,16H2,1-2H3. The molecule has 94 valence electrons. The molecular formula is C14H21FN2. The first-order valence-corrected chi connectivity index (χ1v) is 6.23. The third-order valence-corrected chi connectivity index (χ3v) is 3.71. The van der Waals surface area contributed by atoms with E-state index in [1.165, 1.54) is 25.0 Å². The second-order valence-corrected chi connectivity index (χ2v) is 5.78. The summed E-state index contributed by atoms with van der Waals surface area (Å²) in [5.41, 5.74) is 7.89. The number of halogens is 1. The van der Waals surface area contributed by atoms with Crippen molar-refractivity contribution in [2.75, 3.05) is 18.8 Å². The van der Waals surface area contributed by atoms with Gasteiger partial charge in [0, 0.05) is 12.2 Å². The van der Waals surface area contributed by atoms with Gasteiger partial charge in [0.15, 0.2) is 0 Å². The van der Waals surface area contributed by atoms with Gasteiger partial charge in [-0.1, -0.05) is 19.9 Å². The number of hydrogen-bond donors (Lipinski definition) is 1. The van der Waals surface area contributed by atoms with Gasteiger partial charge in [-0.2, -0.15) is 0 Å². The van der Waals surface area contributed by atoms with Crippen LogP contribution in [0.2, 0.25) is 0 Å². The molecule has 1 aromatic rings. The van der Waals surface area contributed by atoms with Crippen LogP contribution in [0.3, 0.4) is 0 Å². The van der Waals surface area contributed by atoms with Gasteiger partial charge in [0.2, 0.25) is 0 Å². The molecule has 1 heterocycles. The monoisotopic (exact) mass is 236 g/mol. The van der Waals surface area contributed by atoms with E-state index in [9.17, 15) is 4.39 Å². The molecule has 1 aliphatic heterocycles. The van der Waals surface area contributed by atoms with Crippen LogP contribution in [0.5, 0.6) is 0 Å². The van der Waals surface area contributed by atoms with Gasteiger partial charge >= 0.3 is 0 Å². The van der Waals surface area contributed by atoms with Crippen LogP contribution in [0.15, 0.2) is 18.2 Å². The van der Waals surface area contributed by atoms with E-state index in [2.05, 4.69) is 18.7 Å². The second kappa shape index (κ2) is 4.65. The van der Waals surface area contributed by atoms with Crippen molar-refractivity contribution in [2.45, 2.75) is 33.2 Å².